The first-order valence-electron chi connectivity index (χ1n) is 6.86. The highest BCUT2D eigenvalue weighted by molar-refractivity contribution is 7.13. The van der Waals surface area contributed by atoms with Gasteiger partial charge in [-0.3, -0.25) is 4.79 Å². The number of esters is 1. The summed E-state index contributed by atoms with van der Waals surface area (Å²) in [6, 6.07) is 11.8. The fourth-order valence-corrected chi connectivity index (χ4v) is 2.76. The Hall–Kier alpha value is -3.06. The topological polar surface area (TPSA) is 82.3 Å². The number of thiazole rings is 1. The van der Waals surface area contributed by atoms with E-state index < -0.39 is 11.9 Å². The number of amides is 1. The second-order valence-corrected chi connectivity index (χ2v) is 5.68. The SMILES string of the molecule is NC(=O)c1cccc(OC(=O)c2csc(-c3ccc(F)cc3)n2)c1. The standard InChI is InChI=1S/C17H11FN2O3S/c18-12-6-4-10(5-7-12)16-20-14(9-24-16)17(22)23-13-3-1-2-11(8-13)15(19)21/h1-9H,(H2,19,21). The minimum absolute atomic E-state index is 0.129. The number of ether oxygens (including phenoxy) is 1. The van der Waals surface area contributed by atoms with Gasteiger partial charge in [-0.05, 0) is 42.5 Å². The third kappa shape index (κ3) is 3.47. The number of benzene rings is 2. The van der Waals surface area contributed by atoms with E-state index in [0.717, 1.165) is 0 Å². The van der Waals surface area contributed by atoms with Crippen LogP contribution in [-0.4, -0.2) is 16.9 Å². The van der Waals surface area contributed by atoms with Gasteiger partial charge in [0.05, 0.1) is 0 Å². The van der Waals surface area contributed by atoms with Crippen LogP contribution in [0.1, 0.15) is 20.8 Å². The Morgan fingerprint density at radius 1 is 1.12 bits per heavy atom. The van der Waals surface area contributed by atoms with Gasteiger partial charge in [0.2, 0.25) is 5.91 Å². The van der Waals surface area contributed by atoms with Crippen molar-refractivity contribution < 1.29 is 18.7 Å². The van der Waals surface area contributed by atoms with E-state index in [4.69, 9.17) is 10.5 Å². The van der Waals surface area contributed by atoms with Gasteiger partial charge in [-0.15, -0.1) is 11.3 Å². The van der Waals surface area contributed by atoms with E-state index in [2.05, 4.69) is 4.98 Å². The van der Waals surface area contributed by atoms with Gasteiger partial charge in [-0.2, -0.15) is 0 Å². The maximum atomic E-state index is 12.9. The summed E-state index contributed by atoms with van der Waals surface area (Å²) in [6.07, 6.45) is 0. The molecule has 0 atom stereocenters. The molecule has 5 nitrogen and oxygen atoms in total. The molecule has 2 aromatic carbocycles. The minimum atomic E-state index is -0.652. The normalized spacial score (nSPS) is 10.4. The third-order valence-electron chi connectivity index (χ3n) is 3.13. The number of carbonyl (C=O) groups excluding carboxylic acids is 2. The zero-order valence-electron chi connectivity index (χ0n) is 12.2. The molecule has 0 unspecified atom stereocenters. The maximum absolute atomic E-state index is 12.9. The quantitative estimate of drug-likeness (QED) is 0.583. The fourth-order valence-electron chi connectivity index (χ4n) is 1.96. The second kappa shape index (κ2) is 6.59. The van der Waals surface area contributed by atoms with Gasteiger partial charge >= 0.3 is 5.97 Å². The van der Waals surface area contributed by atoms with Crippen molar-refractivity contribution in [3.63, 3.8) is 0 Å². The summed E-state index contributed by atoms with van der Waals surface area (Å²) in [6.45, 7) is 0. The highest BCUT2D eigenvalue weighted by Crippen LogP contribution is 2.24. The summed E-state index contributed by atoms with van der Waals surface area (Å²) in [5.41, 5.74) is 6.26. The average Bonchev–Trinajstić information content (AvgIpc) is 3.06. The lowest BCUT2D eigenvalue weighted by Gasteiger charge is -2.03. The highest BCUT2D eigenvalue weighted by Gasteiger charge is 2.15. The Balaban J connectivity index is 1.77. The molecule has 0 aliphatic carbocycles. The van der Waals surface area contributed by atoms with E-state index >= 15 is 0 Å². The summed E-state index contributed by atoms with van der Waals surface area (Å²) < 4.78 is 18.1. The van der Waals surface area contributed by atoms with Crippen LogP contribution in [0.3, 0.4) is 0 Å². The Kier molecular flexibility index (Phi) is 4.35. The molecule has 1 aromatic heterocycles. The van der Waals surface area contributed by atoms with Crippen LogP contribution in [0.4, 0.5) is 4.39 Å². The van der Waals surface area contributed by atoms with Crippen molar-refractivity contribution in [1.29, 1.82) is 0 Å². The number of nitrogens with two attached hydrogens (primary N) is 1. The van der Waals surface area contributed by atoms with Crippen LogP contribution in [0.15, 0.2) is 53.9 Å². The van der Waals surface area contributed by atoms with Crippen LogP contribution in [0.2, 0.25) is 0 Å². The summed E-state index contributed by atoms with van der Waals surface area (Å²) >= 11 is 1.25. The molecular weight excluding hydrogens is 331 g/mol. The molecule has 24 heavy (non-hydrogen) atoms. The Morgan fingerprint density at radius 3 is 2.58 bits per heavy atom. The number of hydrogen-bond acceptors (Lipinski definition) is 5. The van der Waals surface area contributed by atoms with Crippen molar-refractivity contribution in [2.75, 3.05) is 0 Å². The molecule has 0 saturated heterocycles. The first-order valence-corrected chi connectivity index (χ1v) is 7.74. The zero-order valence-corrected chi connectivity index (χ0v) is 13.0. The zero-order chi connectivity index (χ0) is 17.1. The first kappa shape index (κ1) is 15.8. The van der Waals surface area contributed by atoms with Gasteiger partial charge in [0.1, 0.15) is 16.6 Å². The van der Waals surface area contributed by atoms with Crippen LogP contribution in [0.25, 0.3) is 10.6 Å². The fraction of sp³-hybridized carbons (Fsp3) is 0. The lowest BCUT2D eigenvalue weighted by atomic mass is 10.2. The molecule has 3 aromatic rings. The minimum Gasteiger partial charge on any atom is -0.422 e. The summed E-state index contributed by atoms with van der Waals surface area (Å²) in [5.74, 6) is -1.40. The number of primary amides is 1. The van der Waals surface area contributed by atoms with Gasteiger partial charge in [-0.25, -0.2) is 14.2 Å². The lowest BCUT2D eigenvalue weighted by Crippen LogP contribution is -2.12. The van der Waals surface area contributed by atoms with Crippen molar-refractivity contribution in [3.05, 3.63) is 71.0 Å². The van der Waals surface area contributed by atoms with E-state index in [9.17, 15) is 14.0 Å². The molecule has 7 heteroatoms. The van der Waals surface area contributed by atoms with Gasteiger partial charge in [-0.1, -0.05) is 6.07 Å². The third-order valence-corrected chi connectivity index (χ3v) is 4.02. The van der Waals surface area contributed by atoms with Crippen LogP contribution >= 0.6 is 11.3 Å². The summed E-state index contributed by atoms with van der Waals surface area (Å²) in [7, 11) is 0. The first-order chi connectivity index (χ1) is 11.5. The molecule has 0 fully saturated rings. The van der Waals surface area contributed by atoms with Crippen molar-refractivity contribution >= 4 is 23.2 Å². The van der Waals surface area contributed by atoms with Gasteiger partial charge < -0.3 is 10.5 Å². The van der Waals surface area contributed by atoms with Crippen LogP contribution in [0.5, 0.6) is 5.75 Å². The highest BCUT2D eigenvalue weighted by atomic mass is 32.1. The number of aromatic nitrogens is 1. The van der Waals surface area contributed by atoms with Gasteiger partial charge in [0, 0.05) is 16.5 Å². The maximum Gasteiger partial charge on any atom is 0.363 e. The number of halogens is 1. The molecule has 0 spiro atoms. The predicted octanol–water partition coefficient (Wildman–Crippen LogP) is 3.27. The van der Waals surface area contributed by atoms with E-state index in [1.807, 2.05) is 0 Å². The van der Waals surface area contributed by atoms with E-state index in [-0.39, 0.29) is 22.8 Å². The molecule has 0 radical (unpaired) electrons. The number of nitrogens with zero attached hydrogens (tertiary/aromatic N) is 1. The Morgan fingerprint density at radius 2 is 1.88 bits per heavy atom. The number of carbonyl (C=O) groups is 2. The largest absolute Gasteiger partial charge is 0.422 e. The number of rotatable bonds is 4. The van der Waals surface area contributed by atoms with Crippen LogP contribution in [0, 0.1) is 5.82 Å². The summed E-state index contributed by atoms with van der Waals surface area (Å²) in [4.78, 5) is 27.5. The average molecular weight is 342 g/mol. The van der Waals surface area contributed by atoms with Crippen LogP contribution in [-0.2, 0) is 0 Å². The Bertz CT molecular complexity index is 906. The van der Waals surface area contributed by atoms with Gasteiger partial charge in [0.15, 0.2) is 5.69 Å². The molecule has 0 saturated carbocycles. The van der Waals surface area contributed by atoms with E-state index in [1.165, 1.54) is 41.7 Å². The molecule has 1 heterocycles. The predicted molar refractivity (Wildman–Crippen MR) is 87.4 cm³/mol. The van der Waals surface area contributed by atoms with Crippen molar-refractivity contribution in [1.82, 2.24) is 4.98 Å². The molecular formula is C17H11FN2O3S. The van der Waals surface area contributed by atoms with Crippen LogP contribution < -0.4 is 10.5 Å². The molecule has 2 N–H and O–H groups in total. The molecule has 120 valence electrons. The smallest absolute Gasteiger partial charge is 0.363 e. The molecule has 3 rings (SSSR count). The van der Waals surface area contributed by atoms with E-state index in [1.54, 1.807) is 23.6 Å². The Labute approximate surface area is 140 Å². The molecule has 1 amide bonds. The monoisotopic (exact) mass is 342 g/mol. The summed E-state index contributed by atoms with van der Waals surface area (Å²) in [5, 5.41) is 2.13. The molecule has 0 bridgehead atoms. The molecule has 0 aliphatic heterocycles. The molecule has 0 aliphatic rings. The van der Waals surface area contributed by atoms with Crippen molar-refractivity contribution in [2.24, 2.45) is 5.73 Å². The van der Waals surface area contributed by atoms with Gasteiger partial charge in [0.25, 0.3) is 0 Å². The van der Waals surface area contributed by atoms with Crippen molar-refractivity contribution in [2.45, 2.75) is 0 Å². The number of hydrogen-bond donors (Lipinski definition) is 1. The van der Waals surface area contributed by atoms with Crippen molar-refractivity contribution in [3.8, 4) is 16.3 Å². The van der Waals surface area contributed by atoms with E-state index in [0.29, 0.717) is 10.6 Å². The second-order valence-electron chi connectivity index (χ2n) is 4.83. The lowest BCUT2D eigenvalue weighted by molar-refractivity contribution is 0.0728.